The van der Waals surface area contributed by atoms with Gasteiger partial charge in [0.1, 0.15) is 18.1 Å². The summed E-state index contributed by atoms with van der Waals surface area (Å²) < 4.78 is 10.9. The molecule has 102 valence electrons. The highest BCUT2D eigenvalue weighted by Gasteiger charge is 2.11. The zero-order valence-electron chi connectivity index (χ0n) is 11.7. The molecule has 19 heavy (non-hydrogen) atoms. The van der Waals surface area contributed by atoms with Gasteiger partial charge in [-0.15, -0.1) is 0 Å². The van der Waals surface area contributed by atoms with Gasteiger partial charge >= 0.3 is 0 Å². The SMILES string of the molecule is Cc1cc([C@H](C)O)ccc1OCc1c(C)noc1C. The molecule has 0 fully saturated rings. The van der Waals surface area contributed by atoms with Crippen LogP contribution in [0.3, 0.4) is 0 Å². The number of nitrogens with zero attached hydrogens (tertiary/aromatic N) is 1. The molecule has 0 amide bonds. The minimum absolute atomic E-state index is 0.441. The lowest BCUT2D eigenvalue weighted by molar-refractivity contribution is 0.199. The first-order valence-electron chi connectivity index (χ1n) is 6.32. The Balaban J connectivity index is 2.12. The third kappa shape index (κ3) is 2.96. The van der Waals surface area contributed by atoms with Crippen molar-refractivity contribution in [2.75, 3.05) is 0 Å². The van der Waals surface area contributed by atoms with E-state index in [2.05, 4.69) is 5.16 Å². The van der Waals surface area contributed by atoms with Crippen molar-refractivity contribution in [1.82, 2.24) is 5.16 Å². The maximum absolute atomic E-state index is 9.53. The van der Waals surface area contributed by atoms with Crippen molar-refractivity contribution < 1.29 is 14.4 Å². The van der Waals surface area contributed by atoms with Crippen molar-refractivity contribution >= 4 is 0 Å². The van der Waals surface area contributed by atoms with E-state index in [9.17, 15) is 5.11 Å². The summed E-state index contributed by atoms with van der Waals surface area (Å²) >= 11 is 0. The van der Waals surface area contributed by atoms with Gasteiger partial charge in [-0.1, -0.05) is 11.2 Å². The van der Waals surface area contributed by atoms with E-state index in [0.717, 1.165) is 33.9 Å². The van der Waals surface area contributed by atoms with Gasteiger partial charge < -0.3 is 14.4 Å². The molecule has 0 bridgehead atoms. The molecule has 0 spiro atoms. The number of aryl methyl sites for hydroxylation is 3. The largest absolute Gasteiger partial charge is 0.488 e. The molecule has 0 radical (unpaired) electrons. The van der Waals surface area contributed by atoms with Gasteiger partial charge in [-0.3, -0.25) is 0 Å². The van der Waals surface area contributed by atoms with Gasteiger partial charge in [0, 0.05) is 0 Å². The Morgan fingerprint density at radius 1 is 1.32 bits per heavy atom. The van der Waals surface area contributed by atoms with E-state index in [1.807, 2.05) is 39.0 Å². The van der Waals surface area contributed by atoms with E-state index in [0.29, 0.717) is 6.61 Å². The van der Waals surface area contributed by atoms with Crippen LogP contribution >= 0.6 is 0 Å². The summed E-state index contributed by atoms with van der Waals surface area (Å²) in [6, 6.07) is 5.70. The number of rotatable bonds is 4. The standard InChI is InChI=1S/C15H19NO3/c1-9-7-13(11(3)17)5-6-15(9)18-8-14-10(2)16-19-12(14)4/h5-7,11,17H,8H2,1-4H3/t11-/m0/s1. The molecule has 0 unspecified atom stereocenters. The first-order chi connectivity index (χ1) is 8.99. The summed E-state index contributed by atoms with van der Waals surface area (Å²) in [6.45, 7) is 7.93. The fourth-order valence-corrected chi connectivity index (χ4v) is 1.95. The van der Waals surface area contributed by atoms with Crippen molar-refractivity contribution in [1.29, 1.82) is 0 Å². The molecule has 2 aromatic rings. The van der Waals surface area contributed by atoms with Crippen LogP contribution in [0.5, 0.6) is 5.75 Å². The molecule has 1 heterocycles. The van der Waals surface area contributed by atoms with Crippen LogP contribution < -0.4 is 4.74 Å². The van der Waals surface area contributed by atoms with E-state index in [4.69, 9.17) is 9.26 Å². The highest BCUT2D eigenvalue weighted by atomic mass is 16.5. The Hall–Kier alpha value is -1.81. The van der Waals surface area contributed by atoms with Gasteiger partial charge in [-0.2, -0.15) is 0 Å². The van der Waals surface area contributed by atoms with Crippen molar-refractivity contribution in [3.8, 4) is 5.75 Å². The molecule has 1 aromatic heterocycles. The third-order valence-corrected chi connectivity index (χ3v) is 3.23. The molecule has 0 aliphatic heterocycles. The van der Waals surface area contributed by atoms with Crippen LogP contribution in [0.2, 0.25) is 0 Å². The lowest BCUT2D eigenvalue weighted by Gasteiger charge is -2.11. The van der Waals surface area contributed by atoms with Crippen molar-refractivity contribution in [3.63, 3.8) is 0 Å². The van der Waals surface area contributed by atoms with Crippen molar-refractivity contribution in [2.24, 2.45) is 0 Å². The lowest BCUT2D eigenvalue weighted by atomic mass is 10.1. The van der Waals surface area contributed by atoms with E-state index < -0.39 is 6.10 Å². The number of aromatic nitrogens is 1. The van der Waals surface area contributed by atoms with E-state index in [1.54, 1.807) is 6.92 Å². The molecule has 1 N–H and O–H groups in total. The highest BCUT2D eigenvalue weighted by Crippen LogP contribution is 2.24. The summed E-state index contributed by atoms with van der Waals surface area (Å²) in [4.78, 5) is 0. The maximum Gasteiger partial charge on any atom is 0.140 e. The molecule has 4 nitrogen and oxygen atoms in total. The van der Waals surface area contributed by atoms with E-state index >= 15 is 0 Å². The quantitative estimate of drug-likeness (QED) is 0.918. The summed E-state index contributed by atoms with van der Waals surface area (Å²) in [5, 5.41) is 13.4. The number of aliphatic hydroxyl groups excluding tert-OH is 1. The second-order valence-corrected chi connectivity index (χ2v) is 4.79. The monoisotopic (exact) mass is 261 g/mol. The Morgan fingerprint density at radius 3 is 2.58 bits per heavy atom. The first kappa shape index (κ1) is 13.6. The van der Waals surface area contributed by atoms with Crippen LogP contribution in [-0.4, -0.2) is 10.3 Å². The second-order valence-electron chi connectivity index (χ2n) is 4.79. The molecule has 2 rings (SSSR count). The average Bonchev–Trinajstić information content (AvgIpc) is 2.68. The fraction of sp³-hybridized carbons (Fsp3) is 0.400. The minimum Gasteiger partial charge on any atom is -0.488 e. The van der Waals surface area contributed by atoms with Crippen LogP contribution in [0.4, 0.5) is 0 Å². The second kappa shape index (κ2) is 5.45. The highest BCUT2D eigenvalue weighted by molar-refractivity contribution is 5.37. The summed E-state index contributed by atoms with van der Waals surface area (Å²) in [6.07, 6.45) is -0.463. The molecule has 1 atom stereocenters. The van der Waals surface area contributed by atoms with Crippen LogP contribution in [0.25, 0.3) is 0 Å². The lowest BCUT2D eigenvalue weighted by Crippen LogP contribution is -2.00. The van der Waals surface area contributed by atoms with Gasteiger partial charge in [-0.25, -0.2) is 0 Å². The number of benzene rings is 1. The third-order valence-electron chi connectivity index (χ3n) is 3.23. The fourth-order valence-electron chi connectivity index (χ4n) is 1.95. The van der Waals surface area contributed by atoms with Crippen LogP contribution in [-0.2, 0) is 6.61 Å². The van der Waals surface area contributed by atoms with Crippen molar-refractivity contribution in [2.45, 2.75) is 40.4 Å². The maximum atomic E-state index is 9.53. The van der Waals surface area contributed by atoms with Crippen LogP contribution in [0, 0.1) is 20.8 Å². The Labute approximate surface area is 113 Å². The molecule has 0 saturated carbocycles. The summed E-state index contributed by atoms with van der Waals surface area (Å²) in [5.74, 6) is 1.60. The predicted molar refractivity (Wildman–Crippen MR) is 72.1 cm³/mol. The Morgan fingerprint density at radius 2 is 2.05 bits per heavy atom. The molecular formula is C15H19NO3. The molecule has 0 saturated heterocycles. The first-order valence-corrected chi connectivity index (χ1v) is 6.32. The summed E-state index contributed by atoms with van der Waals surface area (Å²) in [7, 11) is 0. The molecule has 0 aliphatic carbocycles. The van der Waals surface area contributed by atoms with Gasteiger partial charge in [0.2, 0.25) is 0 Å². The normalized spacial score (nSPS) is 12.5. The number of aliphatic hydroxyl groups is 1. The van der Waals surface area contributed by atoms with Gasteiger partial charge in [0.05, 0.1) is 17.4 Å². The topological polar surface area (TPSA) is 55.5 Å². The van der Waals surface area contributed by atoms with Gasteiger partial charge in [0.25, 0.3) is 0 Å². The molecular weight excluding hydrogens is 242 g/mol. The Kier molecular flexibility index (Phi) is 3.90. The smallest absolute Gasteiger partial charge is 0.140 e. The van der Waals surface area contributed by atoms with Gasteiger partial charge in [0.15, 0.2) is 0 Å². The van der Waals surface area contributed by atoms with Crippen LogP contribution in [0.15, 0.2) is 22.7 Å². The summed E-state index contributed by atoms with van der Waals surface area (Å²) in [5.41, 5.74) is 3.74. The van der Waals surface area contributed by atoms with Crippen molar-refractivity contribution in [3.05, 3.63) is 46.3 Å². The molecule has 0 aliphatic rings. The average molecular weight is 261 g/mol. The predicted octanol–water partition coefficient (Wildman–Crippen LogP) is 3.23. The number of hydrogen-bond acceptors (Lipinski definition) is 4. The molecule has 1 aromatic carbocycles. The van der Waals surface area contributed by atoms with Gasteiger partial charge in [-0.05, 0) is 51.0 Å². The zero-order chi connectivity index (χ0) is 14.0. The molecule has 4 heteroatoms. The number of ether oxygens (including phenoxy) is 1. The Bertz CT molecular complexity index is 553. The van der Waals surface area contributed by atoms with E-state index in [1.165, 1.54) is 0 Å². The van der Waals surface area contributed by atoms with E-state index in [-0.39, 0.29) is 0 Å². The minimum atomic E-state index is -0.463. The zero-order valence-corrected chi connectivity index (χ0v) is 11.7. The van der Waals surface area contributed by atoms with Crippen LogP contribution in [0.1, 0.15) is 41.2 Å². The number of hydrogen-bond donors (Lipinski definition) is 1.